The van der Waals surface area contributed by atoms with E-state index < -0.39 is 41.2 Å². The Morgan fingerprint density at radius 3 is 1.68 bits per heavy atom. The molecule has 50 heavy (non-hydrogen) atoms. The van der Waals surface area contributed by atoms with Gasteiger partial charge in [-0.3, -0.25) is 19.3 Å². The second-order valence-electron chi connectivity index (χ2n) is 11.3. The Hall–Kier alpha value is -3.92. The first-order chi connectivity index (χ1) is 23.8. The number of carbonyl (C=O) groups excluding carboxylic acids is 2. The molecule has 8 nitrogen and oxygen atoms in total. The van der Waals surface area contributed by atoms with Gasteiger partial charge in [0.25, 0.3) is 11.8 Å². The lowest BCUT2D eigenvalue weighted by atomic mass is 10.1. The topological polar surface area (TPSA) is 101 Å². The Bertz CT molecular complexity index is 1940. The van der Waals surface area contributed by atoms with Crippen LogP contribution in [0.4, 0.5) is 40.3 Å². The first kappa shape index (κ1) is 38.9. The highest BCUT2D eigenvalue weighted by Gasteiger charge is 2.24. The van der Waals surface area contributed by atoms with E-state index >= 15 is 0 Å². The van der Waals surface area contributed by atoms with Gasteiger partial charge in [0.1, 0.15) is 6.10 Å². The highest BCUT2D eigenvalue weighted by atomic mass is 127. The molecular formula is C36H32F4I2N4O4. The number of hydrogen-bond acceptors (Lipinski definition) is 6. The van der Waals surface area contributed by atoms with E-state index in [9.17, 15) is 27.2 Å². The SMILES string of the molecule is C#CC(C)ONC(=O)c1ccc(F)c(F)c1Nc1ccc(I)cc1C.Cc1cc(I)ccc1Nc1c(C(=O)NOCC2CC2)ccc(F)c1F. The average Bonchev–Trinajstić information content (AvgIpc) is 3.91. The summed E-state index contributed by atoms with van der Waals surface area (Å²) in [6.07, 6.45) is 6.66. The van der Waals surface area contributed by atoms with Gasteiger partial charge in [-0.25, -0.2) is 28.5 Å². The predicted molar refractivity (Wildman–Crippen MR) is 200 cm³/mol. The number of hydrogen-bond donors (Lipinski definition) is 4. The van der Waals surface area contributed by atoms with Crippen molar-refractivity contribution in [2.24, 2.45) is 5.92 Å². The van der Waals surface area contributed by atoms with Crippen LogP contribution in [-0.4, -0.2) is 24.5 Å². The van der Waals surface area contributed by atoms with Gasteiger partial charge in [0.05, 0.1) is 29.1 Å². The molecule has 2 amide bonds. The van der Waals surface area contributed by atoms with Crippen molar-refractivity contribution in [1.82, 2.24) is 11.0 Å². The Kier molecular flexibility index (Phi) is 13.9. The summed E-state index contributed by atoms with van der Waals surface area (Å²) < 4.78 is 58.0. The van der Waals surface area contributed by atoms with E-state index in [4.69, 9.17) is 16.1 Å². The van der Waals surface area contributed by atoms with Crippen LogP contribution >= 0.6 is 45.2 Å². The summed E-state index contributed by atoms with van der Waals surface area (Å²) in [6, 6.07) is 15.1. The lowest BCUT2D eigenvalue weighted by Gasteiger charge is -2.16. The van der Waals surface area contributed by atoms with Crippen molar-refractivity contribution in [2.45, 2.75) is 39.7 Å². The predicted octanol–water partition coefficient (Wildman–Crippen LogP) is 9.00. The van der Waals surface area contributed by atoms with Gasteiger partial charge in [0, 0.05) is 18.5 Å². The molecule has 0 bridgehead atoms. The third-order valence-electron chi connectivity index (χ3n) is 7.32. The molecule has 4 aromatic rings. The van der Waals surface area contributed by atoms with Gasteiger partial charge in [-0.15, -0.1) is 6.42 Å². The molecule has 0 aliphatic heterocycles. The van der Waals surface area contributed by atoms with Gasteiger partial charge >= 0.3 is 0 Å². The molecule has 1 atom stereocenters. The monoisotopic (exact) mass is 914 g/mol. The van der Waals surface area contributed by atoms with Crippen LogP contribution in [0.2, 0.25) is 0 Å². The number of halogens is 6. The van der Waals surface area contributed by atoms with E-state index in [0.717, 1.165) is 43.2 Å². The molecule has 0 spiro atoms. The minimum absolute atomic E-state index is 0.0207. The molecule has 1 aliphatic rings. The maximum atomic E-state index is 14.3. The normalized spacial score (nSPS) is 12.6. The summed E-state index contributed by atoms with van der Waals surface area (Å²) in [5.41, 5.74) is 6.63. The Morgan fingerprint density at radius 1 is 0.800 bits per heavy atom. The van der Waals surface area contributed by atoms with Crippen molar-refractivity contribution in [3.8, 4) is 12.3 Å². The molecule has 1 aliphatic carbocycles. The van der Waals surface area contributed by atoms with E-state index in [2.05, 4.69) is 72.7 Å². The molecular weight excluding hydrogens is 882 g/mol. The maximum Gasteiger partial charge on any atom is 0.277 e. The summed E-state index contributed by atoms with van der Waals surface area (Å²) in [4.78, 5) is 34.6. The molecule has 0 radical (unpaired) electrons. The largest absolute Gasteiger partial charge is 0.352 e. The minimum atomic E-state index is -1.16. The molecule has 0 saturated heterocycles. The summed E-state index contributed by atoms with van der Waals surface area (Å²) >= 11 is 4.31. The second kappa shape index (κ2) is 17.8. The Morgan fingerprint density at radius 2 is 1.26 bits per heavy atom. The summed E-state index contributed by atoms with van der Waals surface area (Å²) in [6.45, 7) is 5.65. The van der Waals surface area contributed by atoms with Crippen LogP contribution in [0, 0.1) is 62.5 Å². The molecule has 5 rings (SSSR count). The van der Waals surface area contributed by atoms with Crippen LogP contribution in [-0.2, 0) is 9.68 Å². The molecule has 4 N–H and O–H groups in total. The number of anilines is 4. The van der Waals surface area contributed by atoms with E-state index in [1.165, 1.54) is 12.1 Å². The van der Waals surface area contributed by atoms with Gasteiger partial charge in [-0.1, -0.05) is 5.92 Å². The summed E-state index contributed by atoms with van der Waals surface area (Å²) in [7, 11) is 0. The molecule has 1 fully saturated rings. The van der Waals surface area contributed by atoms with E-state index in [-0.39, 0.29) is 22.5 Å². The van der Waals surface area contributed by atoms with Crippen molar-refractivity contribution in [3.63, 3.8) is 0 Å². The number of aryl methyl sites for hydroxylation is 2. The molecule has 262 valence electrons. The van der Waals surface area contributed by atoms with Crippen molar-refractivity contribution >= 4 is 79.7 Å². The third kappa shape index (κ3) is 10.5. The minimum Gasteiger partial charge on any atom is -0.352 e. The van der Waals surface area contributed by atoms with E-state index in [1.807, 2.05) is 38.1 Å². The summed E-state index contributed by atoms with van der Waals surface area (Å²) in [5.74, 6) is -2.98. The lowest BCUT2D eigenvalue weighted by molar-refractivity contribution is 0.0147. The fourth-order valence-corrected chi connectivity index (χ4v) is 5.62. The highest BCUT2D eigenvalue weighted by Crippen LogP contribution is 2.31. The zero-order valence-corrected chi connectivity index (χ0v) is 31.3. The smallest absolute Gasteiger partial charge is 0.277 e. The highest BCUT2D eigenvalue weighted by molar-refractivity contribution is 14.1. The molecule has 1 unspecified atom stereocenters. The molecule has 14 heteroatoms. The van der Waals surface area contributed by atoms with Crippen LogP contribution in [0.5, 0.6) is 0 Å². The molecule has 0 aromatic heterocycles. The molecule has 1 saturated carbocycles. The number of terminal acetylenes is 1. The van der Waals surface area contributed by atoms with Crippen LogP contribution < -0.4 is 21.6 Å². The van der Waals surface area contributed by atoms with Crippen LogP contribution in [0.1, 0.15) is 51.6 Å². The number of rotatable bonds is 11. The quantitative estimate of drug-likeness (QED) is 0.0519. The number of benzene rings is 4. The first-order valence-corrected chi connectivity index (χ1v) is 17.3. The third-order valence-corrected chi connectivity index (χ3v) is 8.66. The van der Waals surface area contributed by atoms with Gasteiger partial charge in [-0.05, 0) is 157 Å². The molecule has 4 aromatic carbocycles. The van der Waals surface area contributed by atoms with Gasteiger partial charge in [0.2, 0.25) is 0 Å². The Balaban J connectivity index is 0.000000225. The standard InChI is InChI=1S/C18H17F2IN2O2.C18H15F2IN2O2/c1-10-8-12(21)4-7-15(10)22-17-13(5-6-14(19)16(17)20)18(24)23-25-9-11-2-3-11;1-4-11(3)25-23-18(24)13-6-7-14(19)16(20)17(13)22-15-8-5-12(21)9-10(15)2/h4-8,11,22H,2-3,9H2,1H3,(H,23,24);1,5-9,11,22H,2-3H3,(H,23,24). The lowest BCUT2D eigenvalue weighted by Crippen LogP contribution is -2.28. The number of hydroxylamine groups is 2. The second-order valence-corrected chi connectivity index (χ2v) is 13.8. The molecule has 0 heterocycles. The zero-order chi connectivity index (χ0) is 36.5. The number of nitrogens with one attached hydrogen (secondary N) is 4. The zero-order valence-electron chi connectivity index (χ0n) is 27.0. The van der Waals surface area contributed by atoms with Crippen LogP contribution in [0.25, 0.3) is 0 Å². The van der Waals surface area contributed by atoms with E-state index in [1.54, 1.807) is 19.1 Å². The van der Waals surface area contributed by atoms with Gasteiger partial charge in [0.15, 0.2) is 23.3 Å². The van der Waals surface area contributed by atoms with Crippen LogP contribution in [0.3, 0.4) is 0 Å². The van der Waals surface area contributed by atoms with Crippen molar-refractivity contribution in [1.29, 1.82) is 0 Å². The number of amides is 2. The Labute approximate surface area is 314 Å². The fourth-order valence-electron chi connectivity index (χ4n) is 4.32. The fraction of sp³-hybridized carbons (Fsp3) is 0.222. The summed E-state index contributed by atoms with van der Waals surface area (Å²) in [5, 5.41) is 5.62. The van der Waals surface area contributed by atoms with Crippen LogP contribution in [0.15, 0.2) is 60.7 Å². The van der Waals surface area contributed by atoms with Gasteiger partial charge in [-0.2, -0.15) is 0 Å². The first-order valence-electron chi connectivity index (χ1n) is 15.2. The van der Waals surface area contributed by atoms with Gasteiger partial charge < -0.3 is 10.6 Å². The number of carbonyl (C=O) groups is 2. The van der Waals surface area contributed by atoms with Crippen molar-refractivity contribution in [3.05, 3.63) is 113 Å². The van der Waals surface area contributed by atoms with Crippen molar-refractivity contribution in [2.75, 3.05) is 17.2 Å². The van der Waals surface area contributed by atoms with E-state index in [0.29, 0.717) is 23.9 Å². The average molecular weight is 914 g/mol. The van der Waals surface area contributed by atoms with Crippen molar-refractivity contribution < 1.29 is 36.8 Å². The maximum absolute atomic E-state index is 14.3.